The Balaban J connectivity index is 1.65. The van der Waals surface area contributed by atoms with Gasteiger partial charge in [-0.1, -0.05) is 29.8 Å². The van der Waals surface area contributed by atoms with Gasteiger partial charge in [0.1, 0.15) is 35.5 Å². The van der Waals surface area contributed by atoms with E-state index in [9.17, 15) is 37.2 Å². The predicted molar refractivity (Wildman–Crippen MR) is 145 cm³/mol. The maximum Gasteiger partial charge on any atom is 0.252 e. The van der Waals surface area contributed by atoms with Gasteiger partial charge in [-0.25, -0.2) is 27.5 Å². The van der Waals surface area contributed by atoms with E-state index in [1.807, 2.05) is 6.07 Å². The largest absolute Gasteiger partial charge is 0.351 e. The lowest BCUT2D eigenvalue weighted by Gasteiger charge is -2.41. The number of hydrogen-bond acceptors (Lipinski definition) is 7. The quantitative estimate of drug-likeness (QED) is 0.390. The van der Waals surface area contributed by atoms with Gasteiger partial charge < -0.3 is 10.6 Å². The second kappa shape index (κ2) is 11.9. The van der Waals surface area contributed by atoms with Crippen LogP contribution in [0.3, 0.4) is 0 Å². The third-order valence-corrected chi connectivity index (χ3v) is 7.30. The van der Waals surface area contributed by atoms with Gasteiger partial charge in [0, 0.05) is 48.3 Å². The topological polar surface area (TPSA) is 131 Å². The first kappa shape index (κ1) is 29.9. The van der Waals surface area contributed by atoms with Crippen LogP contribution >= 0.6 is 11.6 Å². The third kappa shape index (κ3) is 6.27. The number of nitrogens with one attached hydrogen (secondary N) is 2. The average Bonchev–Trinajstić information content (AvgIpc) is 2.94. The summed E-state index contributed by atoms with van der Waals surface area (Å²) >= 11 is 6.44. The molecule has 2 heterocycles. The van der Waals surface area contributed by atoms with Crippen molar-refractivity contribution in [3.8, 4) is 6.07 Å². The Bertz CT molecular complexity index is 1610. The van der Waals surface area contributed by atoms with Crippen LogP contribution in [0.4, 0.5) is 29.2 Å². The van der Waals surface area contributed by atoms with Gasteiger partial charge in [-0.15, -0.1) is 0 Å². The predicted octanol–water partition coefficient (Wildman–Crippen LogP) is 3.27. The Morgan fingerprint density at radius 3 is 2.51 bits per heavy atom. The van der Waals surface area contributed by atoms with Crippen molar-refractivity contribution in [2.24, 2.45) is 0 Å². The summed E-state index contributed by atoms with van der Waals surface area (Å²) in [6.07, 6.45) is -0.0678. The molecule has 2 aromatic carbocycles. The molecule has 2 aliphatic rings. The fourth-order valence-corrected chi connectivity index (χ4v) is 5.26. The van der Waals surface area contributed by atoms with Crippen LogP contribution in [0.1, 0.15) is 30.1 Å². The molecule has 1 aliphatic carbocycles. The van der Waals surface area contributed by atoms with Crippen molar-refractivity contribution in [1.29, 1.82) is 5.26 Å². The molecule has 1 aromatic heterocycles. The highest BCUT2D eigenvalue weighted by molar-refractivity contribution is 6.31. The number of piperazine rings is 1. The molecule has 1 aliphatic heterocycles. The second-order valence-corrected chi connectivity index (χ2v) is 10.4. The molecule has 5 rings (SSSR count). The molecule has 2 fully saturated rings. The summed E-state index contributed by atoms with van der Waals surface area (Å²) in [6, 6.07) is 7.03. The molecule has 0 radical (unpaired) electrons. The highest BCUT2D eigenvalue weighted by atomic mass is 35.5. The zero-order valence-electron chi connectivity index (χ0n) is 22.1. The molecule has 1 saturated heterocycles. The zero-order valence-corrected chi connectivity index (χ0v) is 22.9. The fourth-order valence-electron chi connectivity index (χ4n) is 5.02. The third-order valence-electron chi connectivity index (χ3n) is 6.96. The number of halogens is 5. The number of aromatic nitrogens is 2. The van der Waals surface area contributed by atoms with E-state index in [0.29, 0.717) is 6.07 Å². The standard InChI is InChI=1S/C28H22ClF4N7O3/c29-21-4-2-1-3-20(21)24(25(42)37-18-10-28(32,33)11-18)39(19-8-15(30)7-16(31)9-19)26(43)22-13-35-14-23(41)40(22)27-36-6-5-17(12-34)38-27/h1-9,18,22,24,35H,10-11,13-14H2,(H,37,42)/t22?,24-/m0/s1. The zero-order chi connectivity index (χ0) is 30.9. The van der Waals surface area contributed by atoms with Gasteiger partial charge >= 0.3 is 0 Å². The number of anilines is 2. The van der Waals surface area contributed by atoms with Gasteiger partial charge in [-0.05, 0) is 24.3 Å². The molecule has 43 heavy (non-hydrogen) atoms. The van der Waals surface area contributed by atoms with E-state index in [2.05, 4.69) is 20.6 Å². The lowest BCUT2D eigenvalue weighted by molar-refractivity contribution is -0.133. The van der Waals surface area contributed by atoms with Crippen molar-refractivity contribution in [1.82, 2.24) is 20.6 Å². The Hall–Kier alpha value is -4.61. The van der Waals surface area contributed by atoms with Crippen molar-refractivity contribution < 1.29 is 31.9 Å². The average molecular weight is 616 g/mol. The molecule has 10 nitrogen and oxygen atoms in total. The van der Waals surface area contributed by atoms with Crippen molar-refractivity contribution >= 4 is 41.0 Å². The number of carbonyl (C=O) groups excluding carboxylic acids is 3. The number of benzene rings is 2. The van der Waals surface area contributed by atoms with Crippen molar-refractivity contribution in [2.75, 3.05) is 22.9 Å². The van der Waals surface area contributed by atoms with Gasteiger partial charge in [0.15, 0.2) is 0 Å². The SMILES string of the molecule is N#Cc1ccnc(N2C(=O)CNCC2C(=O)N(c2cc(F)cc(F)c2)[C@H](C(=O)NC2CC(F)(F)C2)c2ccccc2Cl)n1. The number of nitrogens with zero attached hydrogens (tertiary/aromatic N) is 5. The molecule has 3 amide bonds. The molecular formula is C28H22ClF4N7O3. The number of rotatable bonds is 7. The van der Waals surface area contributed by atoms with Crippen LogP contribution in [-0.2, 0) is 14.4 Å². The minimum Gasteiger partial charge on any atom is -0.351 e. The van der Waals surface area contributed by atoms with Crippen LogP contribution in [0.25, 0.3) is 0 Å². The number of amides is 3. The summed E-state index contributed by atoms with van der Waals surface area (Å²) in [7, 11) is 0. The Morgan fingerprint density at radius 1 is 1.16 bits per heavy atom. The highest BCUT2D eigenvalue weighted by Gasteiger charge is 2.48. The van der Waals surface area contributed by atoms with Crippen molar-refractivity contribution in [2.45, 2.75) is 36.9 Å². The van der Waals surface area contributed by atoms with Crippen molar-refractivity contribution in [3.05, 3.63) is 82.6 Å². The Morgan fingerprint density at radius 2 is 1.86 bits per heavy atom. The molecule has 0 spiro atoms. The first-order valence-electron chi connectivity index (χ1n) is 12.9. The van der Waals surface area contributed by atoms with Gasteiger partial charge in [-0.3, -0.25) is 24.2 Å². The Labute approximate surface area is 247 Å². The van der Waals surface area contributed by atoms with Crippen LogP contribution in [0.5, 0.6) is 0 Å². The smallest absolute Gasteiger partial charge is 0.252 e. The van der Waals surface area contributed by atoms with E-state index < -0.39 is 71.9 Å². The number of hydrogen-bond donors (Lipinski definition) is 2. The molecule has 222 valence electrons. The summed E-state index contributed by atoms with van der Waals surface area (Å²) in [6.45, 7) is -0.437. The summed E-state index contributed by atoms with van der Waals surface area (Å²) < 4.78 is 56.4. The minimum atomic E-state index is -2.98. The Kier molecular flexibility index (Phi) is 8.30. The van der Waals surface area contributed by atoms with Crippen LogP contribution in [0.2, 0.25) is 5.02 Å². The summed E-state index contributed by atoms with van der Waals surface area (Å²) in [4.78, 5) is 51.2. The van der Waals surface area contributed by atoms with Crippen molar-refractivity contribution in [3.63, 3.8) is 0 Å². The molecule has 1 saturated carbocycles. The molecule has 2 atom stereocenters. The van der Waals surface area contributed by atoms with Crippen LogP contribution in [-0.4, -0.2) is 58.8 Å². The monoisotopic (exact) mass is 615 g/mol. The first-order chi connectivity index (χ1) is 20.5. The molecule has 2 N–H and O–H groups in total. The van der Waals surface area contributed by atoms with E-state index in [4.69, 9.17) is 11.6 Å². The molecule has 3 aromatic rings. The normalized spacial score (nSPS) is 18.7. The molecule has 1 unspecified atom stereocenters. The van der Waals surface area contributed by atoms with Gasteiger partial charge in [0.05, 0.1) is 12.2 Å². The van der Waals surface area contributed by atoms with E-state index in [-0.39, 0.29) is 35.3 Å². The lowest BCUT2D eigenvalue weighted by atomic mass is 9.87. The van der Waals surface area contributed by atoms with E-state index in [1.54, 1.807) is 6.07 Å². The first-order valence-corrected chi connectivity index (χ1v) is 13.3. The van der Waals surface area contributed by atoms with Gasteiger partial charge in [0.25, 0.3) is 11.8 Å². The minimum absolute atomic E-state index is 0.00368. The van der Waals surface area contributed by atoms with Crippen LogP contribution in [0, 0.1) is 23.0 Å². The second-order valence-electron chi connectivity index (χ2n) is 9.99. The number of nitriles is 1. The molecule has 15 heteroatoms. The molecular weight excluding hydrogens is 594 g/mol. The summed E-state index contributed by atoms with van der Waals surface area (Å²) in [5, 5.41) is 14.6. The van der Waals surface area contributed by atoms with Crippen LogP contribution in [0.15, 0.2) is 54.7 Å². The van der Waals surface area contributed by atoms with E-state index in [0.717, 1.165) is 21.9 Å². The highest BCUT2D eigenvalue weighted by Crippen LogP contribution is 2.39. The summed E-state index contributed by atoms with van der Waals surface area (Å²) in [5.74, 6) is -8.04. The van der Waals surface area contributed by atoms with E-state index in [1.165, 1.54) is 30.5 Å². The number of alkyl halides is 2. The van der Waals surface area contributed by atoms with Crippen LogP contribution < -0.4 is 20.4 Å². The van der Waals surface area contributed by atoms with E-state index >= 15 is 0 Å². The molecule has 0 bridgehead atoms. The fraction of sp³-hybridized carbons (Fsp3) is 0.286. The maximum atomic E-state index is 14.6. The van der Waals surface area contributed by atoms with Gasteiger partial charge in [0.2, 0.25) is 17.8 Å². The summed E-state index contributed by atoms with van der Waals surface area (Å²) in [5.41, 5.74) is -0.487. The maximum absolute atomic E-state index is 14.6. The van der Waals surface area contributed by atoms with Gasteiger partial charge in [-0.2, -0.15) is 5.26 Å². The number of carbonyl (C=O) groups is 3. The lowest BCUT2D eigenvalue weighted by Crippen LogP contribution is -2.63.